The fourth-order valence-electron chi connectivity index (χ4n) is 4.77. The number of nitrogens with one attached hydrogen (secondary N) is 1. The van der Waals surface area contributed by atoms with Crippen molar-refractivity contribution in [2.45, 2.75) is 25.3 Å². The maximum atomic E-state index is 14.3. The molecule has 1 aromatic carbocycles. The molecule has 0 amide bonds. The third kappa shape index (κ3) is 3.64. The van der Waals surface area contributed by atoms with Crippen molar-refractivity contribution in [1.82, 2.24) is 39.7 Å². The van der Waals surface area contributed by atoms with E-state index in [0.29, 0.717) is 34.2 Å². The number of halogens is 2. The van der Waals surface area contributed by atoms with Gasteiger partial charge in [0.1, 0.15) is 18.0 Å². The second-order valence-corrected chi connectivity index (χ2v) is 9.14. The summed E-state index contributed by atoms with van der Waals surface area (Å²) in [6, 6.07) is 11.6. The number of anilines is 1. The summed E-state index contributed by atoms with van der Waals surface area (Å²) >= 11 is 6.29. The van der Waals surface area contributed by atoms with Crippen LogP contribution in [0.4, 0.5) is 10.2 Å². The Bertz CT molecular complexity index is 1660. The molecule has 5 heterocycles. The van der Waals surface area contributed by atoms with Crippen molar-refractivity contribution in [2.75, 3.05) is 5.73 Å². The van der Waals surface area contributed by atoms with Crippen LogP contribution in [-0.4, -0.2) is 39.7 Å². The molecule has 0 radical (unpaired) electrons. The number of nitrogens with zero attached hydrogens (tertiary/aromatic N) is 7. The maximum Gasteiger partial charge on any atom is 0.252 e. The highest BCUT2D eigenvalue weighted by Crippen LogP contribution is 2.40. The standard InChI is InChI=1S/C24H19ClFN9O/c1-12-6-20(24-28-10-17(30-24)15-3-5-21(27)31-23(15)26)35-19(12)7-13(8-22(35)36)16-9-14(25)2-4-18(16)34-11-29-32-33-34/h2-5,7-12,20H,6H2,1H3,(H2,27,31)(H,28,30)/t12-,20-/m0/s1. The van der Waals surface area contributed by atoms with E-state index in [9.17, 15) is 9.18 Å². The van der Waals surface area contributed by atoms with Crippen LogP contribution in [0.15, 0.2) is 59.8 Å². The lowest BCUT2D eigenvalue weighted by molar-refractivity contribution is 0.556. The number of hydrogen-bond acceptors (Lipinski definition) is 7. The fraction of sp³-hybridized carbons (Fsp3) is 0.167. The van der Waals surface area contributed by atoms with Crippen molar-refractivity contribution in [3.8, 4) is 28.1 Å². The number of nitrogen functional groups attached to an aromatic ring is 1. The minimum atomic E-state index is -0.688. The number of rotatable bonds is 4. The molecule has 0 saturated carbocycles. The number of tetrazole rings is 1. The zero-order valence-corrected chi connectivity index (χ0v) is 19.7. The van der Waals surface area contributed by atoms with Crippen LogP contribution in [0.2, 0.25) is 5.02 Å². The summed E-state index contributed by atoms with van der Waals surface area (Å²) in [6.45, 7) is 2.06. The average Bonchev–Trinajstić information content (AvgIpc) is 3.60. The third-order valence-electron chi connectivity index (χ3n) is 6.43. The van der Waals surface area contributed by atoms with Crippen LogP contribution in [0.3, 0.4) is 0 Å². The first kappa shape index (κ1) is 22.1. The lowest BCUT2D eigenvalue weighted by atomic mass is 9.99. The zero-order valence-electron chi connectivity index (χ0n) is 18.9. The van der Waals surface area contributed by atoms with Crippen molar-refractivity contribution in [3.05, 3.63) is 87.8 Å². The van der Waals surface area contributed by atoms with E-state index < -0.39 is 5.95 Å². The number of H-pyrrole nitrogens is 1. The molecule has 36 heavy (non-hydrogen) atoms. The monoisotopic (exact) mass is 503 g/mol. The van der Waals surface area contributed by atoms with E-state index in [2.05, 4.69) is 37.4 Å². The van der Waals surface area contributed by atoms with Gasteiger partial charge in [-0.3, -0.25) is 4.79 Å². The van der Waals surface area contributed by atoms with Crippen LogP contribution in [-0.2, 0) is 0 Å². The number of pyridine rings is 2. The summed E-state index contributed by atoms with van der Waals surface area (Å²) in [5.41, 5.74) is 9.11. The first-order chi connectivity index (χ1) is 17.4. The lowest BCUT2D eigenvalue weighted by Gasteiger charge is -2.15. The summed E-state index contributed by atoms with van der Waals surface area (Å²) in [5, 5.41) is 11.9. The van der Waals surface area contributed by atoms with Crippen molar-refractivity contribution >= 4 is 17.4 Å². The molecule has 0 saturated heterocycles. The second-order valence-electron chi connectivity index (χ2n) is 8.70. The Hall–Kier alpha value is -4.38. The minimum Gasteiger partial charge on any atom is -0.384 e. The number of nitrogens with two attached hydrogens (primary N) is 1. The van der Waals surface area contributed by atoms with Gasteiger partial charge < -0.3 is 15.3 Å². The molecule has 4 aromatic heterocycles. The highest BCUT2D eigenvalue weighted by molar-refractivity contribution is 6.31. The number of fused-ring (bicyclic) bond motifs is 1. The molecule has 5 aromatic rings. The highest BCUT2D eigenvalue weighted by atomic mass is 35.5. The molecular weight excluding hydrogens is 485 g/mol. The van der Waals surface area contributed by atoms with Crippen LogP contribution < -0.4 is 11.3 Å². The Kier molecular flexibility index (Phi) is 5.15. The molecule has 6 rings (SSSR count). The molecule has 1 aliphatic heterocycles. The summed E-state index contributed by atoms with van der Waals surface area (Å²) in [7, 11) is 0. The van der Waals surface area contributed by atoms with Crippen LogP contribution in [0.1, 0.15) is 36.8 Å². The minimum absolute atomic E-state index is 0.0711. The topological polar surface area (TPSA) is 133 Å². The predicted molar refractivity (Wildman–Crippen MR) is 131 cm³/mol. The van der Waals surface area contributed by atoms with Crippen LogP contribution in [0.25, 0.3) is 28.1 Å². The van der Waals surface area contributed by atoms with Gasteiger partial charge in [-0.25, -0.2) is 9.97 Å². The van der Waals surface area contributed by atoms with E-state index in [1.165, 1.54) is 23.3 Å². The van der Waals surface area contributed by atoms with E-state index in [0.717, 1.165) is 11.3 Å². The zero-order chi connectivity index (χ0) is 25.0. The van der Waals surface area contributed by atoms with Gasteiger partial charge in [0.2, 0.25) is 5.95 Å². The number of hydrogen-bond donors (Lipinski definition) is 2. The third-order valence-corrected chi connectivity index (χ3v) is 6.66. The smallest absolute Gasteiger partial charge is 0.252 e. The van der Waals surface area contributed by atoms with E-state index in [4.69, 9.17) is 17.3 Å². The van der Waals surface area contributed by atoms with Gasteiger partial charge in [-0.2, -0.15) is 9.07 Å². The van der Waals surface area contributed by atoms with E-state index in [-0.39, 0.29) is 28.9 Å². The summed E-state index contributed by atoms with van der Waals surface area (Å²) in [6.07, 6.45) is 3.68. The van der Waals surface area contributed by atoms with Gasteiger partial charge in [0.25, 0.3) is 5.56 Å². The van der Waals surface area contributed by atoms with Crippen molar-refractivity contribution in [3.63, 3.8) is 0 Å². The van der Waals surface area contributed by atoms with Crippen molar-refractivity contribution < 1.29 is 4.39 Å². The number of aromatic amines is 1. The largest absolute Gasteiger partial charge is 0.384 e. The number of imidazole rings is 1. The molecule has 0 unspecified atom stereocenters. The molecular formula is C24H19ClFN9O. The van der Waals surface area contributed by atoms with E-state index in [1.807, 2.05) is 6.07 Å². The number of benzene rings is 1. The Morgan fingerprint density at radius 1 is 1.17 bits per heavy atom. The van der Waals surface area contributed by atoms with Crippen LogP contribution in [0.5, 0.6) is 0 Å². The molecule has 1 aliphatic rings. The van der Waals surface area contributed by atoms with Gasteiger partial charge in [0.05, 0.1) is 29.2 Å². The Balaban J connectivity index is 1.42. The predicted octanol–water partition coefficient (Wildman–Crippen LogP) is 3.75. The van der Waals surface area contributed by atoms with Gasteiger partial charge >= 0.3 is 0 Å². The van der Waals surface area contributed by atoms with Gasteiger partial charge in [-0.05, 0) is 64.7 Å². The van der Waals surface area contributed by atoms with Gasteiger partial charge in [0.15, 0.2) is 0 Å². The van der Waals surface area contributed by atoms with Crippen LogP contribution in [0, 0.1) is 5.95 Å². The fourth-order valence-corrected chi connectivity index (χ4v) is 4.94. The van der Waals surface area contributed by atoms with Crippen molar-refractivity contribution in [1.29, 1.82) is 0 Å². The highest BCUT2D eigenvalue weighted by Gasteiger charge is 2.33. The Labute approximate surface area is 208 Å². The normalized spacial score (nSPS) is 16.9. The molecule has 10 nitrogen and oxygen atoms in total. The lowest BCUT2D eigenvalue weighted by Crippen LogP contribution is -2.24. The molecule has 2 atom stereocenters. The van der Waals surface area contributed by atoms with Crippen molar-refractivity contribution in [2.24, 2.45) is 0 Å². The average molecular weight is 504 g/mol. The van der Waals surface area contributed by atoms with Gasteiger partial charge in [0, 0.05) is 22.3 Å². The molecule has 12 heteroatoms. The van der Waals surface area contributed by atoms with Gasteiger partial charge in [-0.1, -0.05) is 18.5 Å². The number of aromatic nitrogens is 8. The maximum absolute atomic E-state index is 14.3. The molecule has 3 N–H and O–H groups in total. The molecule has 0 fully saturated rings. The summed E-state index contributed by atoms with van der Waals surface area (Å²) in [5.74, 6) is 0.0487. The molecule has 0 aliphatic carbocycles. The Morgan fingerprint density at radius 2 is 2.03 bits per heavy atom. The quantitative estimate of drug-likeness (QED) is 0.357. The van der Waals surface area contributed by atoms with E-state index in [1.54, 1.807) is 34.9 Å². The molecule has 0 spiro atoms. The van der Waals surface area contributed by atoms with E-state index >= 15 is 0 Å². The molecule has 180 valence electrons. The van der Waals surface area contributed by atoms with Crippen LogP contribution >= 0.6 is 11.6 Å². The summed E-state index contributed by atoms with van der Waals surface area (Å²) in [4.78, 5) is 24.8. The Morgan fingerprint density at radius 3 is 2.81 bits per heavy atom. The molecule has 0 bridgehead atoms. The second kappa shape index (κ2) is 8.38. The van der Waals surface area contributed by atoms with Gasteiger partial charge in [-0.15, -0.1) is 5.10 Å². The SMILES string of the molecule is C[C@H]1C[C@@H](c2ncc(-c3ccc(N)nc3F)[nH]2)n2c1cc(-c1cc(Cl)ccc1-n1cnnn1)cc2=O. The first-order valence-corrected chi connectivity index (χ1v) is 11.5. The summed E-state index contributed by atoms with van der Waals surface area (Å²) < 4.78 is 17.6. The first-order valence-electron chi connectivity index (χ1n) is 11.2.